The third-order valence-electron chi connectivity index (χ3n) is 2.86. The zero-order valence-corrected chi connectivity index (χ0v) is 11.1. The molecule has 0 bridgehead atoms. The van der Waals surface area contributed by atoms with Crippen molar-refractivity contribution in [3.8, 4) is 0 Å². The fourth-order valence-electron chi connectivity index (χ4n) is 1.89. The van der Waals surface area contributed by atoms with Crippen LogP contribution in [0.2, 0.25) is 0 Å². The second kappa shape index (κ2) is 6.32. The van der Waals surface area contributed by atoms with Crippen molar-refractivity contribution in [3.63, 3.8) is 0 Å². The lowest BCUT2D eigenvalue weighted by atomic mass is 10.3. The van der Waals surface area contributed by atoms with Gasteiger partial charge in [0, 0.05) is 39.1 Å². The SMILES string of the molecule is CCCS(=O)(=O)N1CCN(CCC(N)=O)CC1. The van der Waals surface area contributed by atoms with Crippen molar-refractivity contribution >= 4 is 15.9 Å². The molecule has 2 N–H and O–H groups in total. The molecule has 0 spiro atoms. The van der Waals surface area contributed by atoms with Gasteiger partial charge in [-0.25, -0.2) is 8.42 Å². The van der Waals surface area contributed by atoms with Gasteiger partial charge in [0.2, 0.25) is 15.9 Å². The topological polar surface area (TPSA) is 83.7 Å². The van der Waals surface area contributed by atoms with Crippen LogP contribution in [0.25, 0.3) is 0 Å². The van der Waals surface area contributed by atoms with Crippen LogP contribution in [-0.2, 0) is 14.8 Å². The fraction of sp³-hybridized carbons (Fsp3) is 0.900. The molecule has 0 aromatic heterocycles. The highest BCUT2D eigenvalue weighted by Crippen LogP contribution is 2.09. The summed E-state index contributed by atoms with van der Waals surface area (Å²) in [5.41, 5.74) is 5.07. The second-order valence-corrected chi connectivity index (χ2v) is 6.36. The monoisotopic (exact) mass is 263 g/mol. The molecule has 17 heavy (non-hydrogen) atoms. The lowest BCUT2D eigenvalue weighted by Crippen LogP contribution is -2.49. The van der Waals surface area contributed by atoms with Crippen molar-refractivity contribution in [2.24, 2.45) is 5.73 Å². The number of hydrogen-bond donors (Lipinski definition) is 1. The summed E-state index contributed by atoms with van der Waals surface area (Å²) in [6.07, 6.45) is 0.978. The van der Waals surface area contributed by atoms with Gasteiger partial charge >= 0.3 is 0 Å². The molecule has 6 nitrogen and oxygen atoms in total. The molecule has 7 heteroatoms. The Balaban J connectivity index is 2.38. The van der Waals surface area contributed by atoms with Gasteiger partial charge in [0.25, 0.3) is 0 Å². The number of piperazine rings is 1. The van der Waals surface area contributed by atoms with E-state index in [-0.39, 0.29) is 11.7 Å². The summed E-state index contributed by atoms with van der Waals surface area (Å²) in [7, 11) is -3.07. The molecule has 100 valence electrons. The van der Waals surface area contributed by atoms with Gasteiger partial charge in [0.15, 0.2) is 0 Å². The Hall–Kier alpha value is -0.660. The molecule has 1 rings (SSSR count). The molecule has 0 aromatic rings. The summed E-state index contributed by atoms with van der Waals surface area (Å²) in [5, 5.41) is 0. The van der Waals surface area contributed by atoms with Gasteiger partial charge in [0.1, 0.15) is 0 Å². The van der Waals surface area contributed by atoms with E-state index in [0.717, 1.165) is 0 Å². The number of hydrogen-bond acceptors (Lipinski definition) is 4. The lowest BCUT2D eigenvalue weighted by Gasteiger charge is -2.33. The molecule has 0 aromatic carbocycles. The molecule has 0 radical (unpaired) electrons. The van der Waals surface area contributed by atoms with Crippen LogP contribution in [0.5, 0.6) is 0 Å². The van der Waals surface area contributed by atoms with Crippen LogP contribution in [0.3, 0.4) is 0 Å². The third kappa shape index (κ3) is 4.61. The Kier molecular flexibility index (Phi) is 5.35. The number of rotatable bonds is 6. The predicted octanol–water partition coefficient (Wildman–Crippen LogP) is -0.781. The first-order chi connectivity index (χ1) is 7.95. The van der Waals surface area contributed by atoms with Gasteiger partial charge in [-0.05, 0) is 6.42 Å². The standard InChI is InChI=1S/C10H21N3O3S/c1-2-9-17(15,16)13-7-5-12(6-8-13)4-3-10(11)14/h2-9H2,1H3,(H2,11,14). The fourth-order valence-corrected chi connectivity index (χ4v) is 3.38. The van der Waals surface area contributed by atoms with Crippen molar-refractivity contribution in [1.82, 2.24) is 9.21 Å². The minimum absolute atomic E-state index is 0.217. The zero-order chi connectivity index (χ0) is 12.9. The summed E-state index contributed by atoms with van der Waals surface area (Å²) in [6.45, 7) is 4.87. The Bertz CT molecular complexity index is 348. The van der Waals surface area contributed by atoms with Crippen molar-refractivity contribution in [2.45, 2.75) is 19.8 Å². The maximum absolute atomic E-state index is 11.8. The van der Waals surface area contributed by atoms with Gasteiger partial charge < -0.3 is 10.6 Å². The number of carbonyl (C=O) groups is 1. The number of primary amides is 1. The predicted molar refractivity (Wildman–Crippen MR) is 65.9 cm³/mol. The van der Waals surface area contributed by atoms with Crippen LogP contribution in [0, 0.1) is 0 Å². The Morgan fingerprint density at radius 3 is 2.29 bits per heavy atom. The minimum atomic E-state index is -3.07. The number of nitrogens with zero attached hydrogens (tertiary/aromatic N) is 2. The van der Waals surface area contributed by atoms with E-state index in [4.69, 9.17) is 5.73 Å². The molecule has 1 aliphatic heterocycles. The Morgan fingerprint density at radius 1 is 1.24 bits per heavy atom. The molecule has 0 saturated carbocycles. The first kappa shape index (κ1) is 14.4. The van der Waals surface area contributed by atoms with E-state index in [2.05, 4.69) is 4.90 Å². The van der Waals surface area contributed by atoms with Crippen LogP contribution in [0.1, 0.15) is 19.8 Å². The van der Waals surface area contributed by atoms with Gasteiger partial charge in [-0.3, -0.25) is 4.79 Å². The van der Waals surface area contributed by atoms with Crippen LogP contribution >= 0.6 is 0 Å². The molecule has 0 aliphatic carbocycles. The largest absolute Gasteiger partial charge is 0.370 e. The Morgan fingerprint density at radius 2 is 1.82 bits per heavy atom. The van der Waals surface area contributed by atoms with Crippen LogP contribution < -0.4 is 5.73 Å². The van der Waals surface area contributed by atoms with Gasteiger partial charge in [-0.1, -0.05) is 6.92 Å². The van der Waals surface area contributed by atoms with E-state index in [1.165, 1.54) is 4.31 Å². The van der Waals surface area contributed by atoms with E-state index < -0.39 is 10.0 Å². The number of nitrogens with two attached hydrogens (primary N) is 1. The van der Waals surface area contributed by atoms with Gasteiger partial charge in [-0.15, -0.1) is 0 Å². The minimum Gasteiger partial charge on any atom is -0.370 e. The molecule has 1 amide bonds. The smallest absolute Gasteiger partial charge is 0.218 e. The summed E-state index contributed by atoms with van der Waals surface area (Å²) < 4.78 is 25.1. The maximum atomic E-state index is 11.8. The average Bonchev–Trinajstić information content (AvgIpc) is 2.27. The molecule has 1 aliphatic rings. The van der Waals surface area contributed by atoms with E-state index in [1.807, 2.05) is 6.92 Å². The van der Waals surface area contributed by atoms with Crippen molar-refractivity contribution in [1.29, 1.82) is 0 Å². The van der Waals surface area contributed by atoms with E-state index in [9.17, 15) is 13.2 Å². The first-order valence-electron chi connectivity index (χ1n) is 5.94. The zero-order valence-electron chi connectivity index (χ0n) is 10.3. The van der Waals surface area contributed by atoms with E-state index >= 15 is 0 Å². The summed E-state index contributed by atoms with van der Waals surface area (Å²) in [4.78, 5) is 12.7. The van der Waals surface area contributed by atoms with Crippen molar-refractivity contribution in [2.75, 3.05) is 38.5 Å². The normalized spacial score (nSPS) is 19.4. The highest BCUT2D eigenvalue weighted by atomic mass is 32.2. The lowest BCUT2D eigenvalue weighted by molar-refractivity contribution is -0.118. The van der Waals surface area contributed by atoms with Crippen molar-refractivity contribution in [3.05, 3.63) is 0 Å². The molecule has 0 atom stereocenters. The molecular weight excluding hydrogens is 242 g/mol. The van der Waals surface area contributed by atoms with E-state index in [0.29, 0.717) is 45.6 Å². The first-order valence-corrected chi connectivity index (χ1v) is 7.55. The molecular formula is C10H21N3O3S. The number of sulfonamides is 1. The van der Waals surface area contributed by atoms with Crippen LogP contribution in [0.15, 0.2) is 0 Å². The van der Waals surface area contributed by atoms with Gasteiger partial charge in [-0.2, -0.15) is 4.31 Å². The highest BCUT2D eigenvalue weighted by molar-refractivity contribution is 7.89. The maximum Gasteiger partial charge on any atom is 0.218 e. The van der Waals surface area contributed by atoms with Gasteiger partial charge in [0.05, 0.1) is 5.75 Å². The highest BCUT2D eigenvalue weighted by Gasteiger charge is 2.25. The van der Waals surface area contributed by atoms with Crippen molar-refractivity contribution < 1.29 is 13.2 Å². The summed E-state index contributed by atoms with van der Waals surface area (Å²) in [5.74, 6) is -0.0973. The molecule has 1 saturated heterocycles. The van der Waals surface area contributed by atoms with Crippen LogP contribution in [0.4, 0.5) is 0 Å². The average molecular weight is 263 g/mol. The number of amides is 1. The van der Waals surface area contributed by atoms with Crippen LogP contribution in [-0.4, -0.2) is 62.0 Å². The molecule has 1 fully saturated rings. The summed E-state index contributed by atoms with van der Waals surface area (Å²) in [6, 6.07) is 0. The quantitative estimate of drug-likeness (QED) is 0.681. The Labute approximate surface area is 103 Å². The number of carbonyl (C=O) groups excluding carboxylic acids is 1. The summed E-state index contributed by atoms with van der Waals surface area (Å²) >= 11 is 0. The second-order valence-electron chi connectivity index (χ2n) is 4.27. The third-order valence-corrected chi connectivity index (χ3v) is 4.94. The van der Waals surface area contributed by atoms with E-state index in [1.54, 1.807) is 0 Å². The molecule has 0 unspecified atom stereocenters. The molecule has 1 heterocycles.